The Morgan fingerprint density at radius 1 is 0.544 bits per heavy atom. The highest BCUT2D eigenvalue weighted by molar-refractivity contribution is 6.09. The van der Waals surface area contributed by atoms with Crippen molar-refractivity contribution in [2.24, 2.45) is 0 Å². The van der Waals surface area contributed by atoms with Gasteiger partial charge in [-0.05, 0) is 77.7 Å². The van der Waals surface area contributed by atoms with Gasteiger partial charge >= 0.3 is 0 Å². The fraction of sp³-hybridized carbons (Fsp3) is 0.104. The zero-order chi connectivity index (χ0) is 38.0. The molecule has 0 saturated carbocycles. The molecule has 0 aliphatic carbocycles. The number of para-hydroxylation sites is 3. The van der Waals surface area contributed by atoms with E-state index in [0.29, 0.717) is 6.67 Å². The van der Waals surface area contributed by atoms with Crippen molar-refractivity contribution in [1.82, 2.24) is 9.55 Å². The minimum absolute atomic E-state index is 0.00446. The molecular weight excluding hydrogens is 711 g/mol. The number of aromatic nitrogens is 2. The summed E-state index contributed by atoms with van der Waals surface area (Å²) in [6.07, 6.45) is 6.07. The predicted octanol–water partition coefficient (Wildman–Crippen LogP) is 12.8. The average molecular weight is 746 g/mol. The summed E-state index contributed by atoms with van der Waals surface area (Å²) in [6.45, 7) is 7.27. The minimum Gasteiger partial charge on any atom is -0.457 e. The molecule has 0 radical (unpaired) electrons. The molecular formula is C48H35N5O4. The molecule has 4 aliphatic heterocycles. The molecule has 8 aromatic rings. The number of ether oxygens (including phenoxy) is 4. The molecule has 0 N–H and O–H groups in total. The molecule has 0 fully saturated rings. The van der Waals surface area contributed by atoms with Crippen LogP contribution in [0.5, 0.6) is 46.0 Å². The van der Waals surface area contributed by atoms with Crippen LogP contribution < -0.4 is 33.6 Å². The summed E-state index contributed by atoms with van der Waals surface area (Å²) in [4.78, 5) is 11.4. The lowest BCUT2D eigenvalue weighted by Gasteiger charge is -2.42. The van der Waals surface area contributed by atoms with E-state index in [2.05, 4.69) is 125 Å². The summed E-state index contributed by atoms with van der Waals surface area (Å²) in [5.41, 5.74) is 7.99. The van der Waals surface area contributed by atoms with Crippen LogP contribution in [0.1, 0.15) is 26.3 Å². The number of hydrogen-bond donors (Lipinski definition) is 0. The second-order valence-corrected chi connectivity index (χ2v) is 15.8. The van der Waals surface area contributed by atoms with Crippen LogP contribution in [0.25, 0.3) is 27.6 Å². The largest absolute Gasteiger partial charge is 0.457 e. The average Bonchev–Trinajstić information content (AvgIpc) is 3.84. The fourth-order valence-electron chi connectivity index (χ4n) is 8.46. The van der Waals surface area contributed by atoms with E-state index in [9.17, 15) is 0 Å². The van der Waals surface area contributed by atoms with Gasteiger partial charge in [-0.2, -0.15) is 0 Å². The van der Waals surface area contributed by atoms with Crippen LogP contribution in [0, 0.1) is 0 Å². The third-order valence-corrected chi connectivity index (χ3v) is 11.2. The van der Waals surface area contributed by atoms with Crippen molar-refractivity contribution in [3.63, 3.8) is 0 Å². The SMILES string of the molecule is CC(C)(C)c1ccnc(-n2c3ccccc3c3ccc(Oc4cccc(N5C=CN(c6cc7c8c(c6)Oc6cccc9c6N8c6c(cccc6O7)O9)C5)c4)cc32)c1. The van der Waals surface area contributed by atoms with Crippen molar-refractivity contribution < 1.29 is 18.9 Å². The van der Waals surface area contributed by atoms with Crippen LogP contribution in [0.15, 0.2) is 146 Å². The first-order valence-corrected chi connectivity index (χ1v) is 19.1. The molecule has 9 heteroatoms. The quantitative estimate of drug-likeness (QED) is 0.173. The van der Waals surface area contributed by atoms with Crippen molar-refractivity contribution in [2.45, 2.75) is 26.2 Å². The van der Waals surface area contributed by atoms with E-state index in [1.165, 1.54) is 10.9 Å². The van der Waals surface area contributed by atoms with Gasteiger partial charge in [0.15, 0.2) is 34.5 Å². The van der Waals surface area contributed by atoms with Gasteiger partial charge in [0.1, 0.15) is 34.4 Å². The van der Waals surface area contributed by atoms with E-state index in [0.717, 1.165) is 96.7 Å². The lowest BCUT2D eigenvalue weighted by atomic mass is 9.88. The van der Waals surface area contributed by atoms with E-state index < -0.39 is 0 Å². The van der Waals surface area contributed by atoms with Gasteiger partial charge in [-0.25, -0.2) is 4.98 Å². The molecule has 6 heterocycles. The number of benzene rings is 6. The zero-order valence-electron chi connectivity index (χ0n) is 31.4. The molecule has 2 aromatic heterocycles. The monoisotopic (exact) mass is 745 g/mol. The van der Waals surface area contributed by atoms with Gasteiger partial charge < -0.3 is 28.7 Å². The summed E-state index contributed by atoms with van der Waals surface area (Å²) >= 11 is 0. The molecule has 0 saturated heterocycles. The fourth-order valence-corrected chi connectivity index (χ4v) is 8.46. The van der Waals surface area contributed by atoms with Gasteiger partial charge in [0, 0.05) is 65.0 Å². The van der Waals surface area contributed by atoms with Gasteiger partial charge in [0.25, 0.3) is 0 Å². The summed E-state index contributed by atoms with van der Waals surface area (Å²) in [7, 11) is 0. The zero-order valence-corrected chi connectivity index (χ0v) is 31.4. The second-order valence-electron chi connectivity index (χ2n) is 15.8. The van der Waals surface area contributed by atoms with Crippen LogP contribution in [0.2, 0.25) is 0 Å². The van der Waals surface area contributed by atoms with Gasteiger partial charge in [-0.1, -0.05) is 57.2 Å². The van der Waals surface area contributed by atoms with Crippen molar-refractivity contribution in [3.05, 3.63) is 152 Å². The molecule has 12 rings (SSSR count). The van der Waals surface area contributed by atoms with Crippen LogP contribution in [-0.2, 0) is 5.41 Å². The molecule has 0 amide bonds. The van der Waals surface area contributed by atoms with E-state index in [1.807, 2.05) is 60.8 Å². The Morgan fingerprint density at radius 2 is 1.16 bits per heavy atom. The molecule has 4 aliphatic rings. The van der Waals surface area contributed by atoms with Crippen LogP contribution in [-0.4, -0.2) is 16.2 Å². The van der Waals surface area contributed by atoms with Gasteiger partial charge in [-0.15, -0.1) is 0 Å². The first-order valence-electron chi connectivity index (χ1n) is 19.1. The Labute approximate surface area is 328 Å². The number of nitrogens with zero attached hydrogens (tertiary/aromatic N) is 5. The summed E-state index contributed by atoms with van der Waals surface area (Å²) < 4.78 is 28.2. The maximum atomic E-state index is 6.60. The number of rotatable bonds is 5. The summed E-state index contributed by atoms with van der Waals surface area (Å²) in [5.74, 6) is 6.84. The number of hydrogen-bond acceptors (Lipinski definition) is 8. The third kappa shape index (κ3) is 4.85. The summed E-state index contributed by atoms with van der Waals surface area (Å²) in [6, 6.07) is 43.3. The minimum atomic E-state index is -0.00446. The van der Waals surface area contributed by atoms with Crippen LogP contribution in [0.3, 0.4) is 0 Å². The number of pyridine rings is 1. The first kappa shape index (κ1) is 31.9. The molecule has 0 bridgehead atoms. The maximum absolute atomic E-state index is 6.60. The smallest absolute Gasteiger partial charge is 0.157 e. The highest BCUT2D eigenvalue weighted by Crippen LogP contribution is 2.67. The lowest BCUT2D eigenvalue weighted by molar-refractivity contribution is 0.418. The molecule has 0 spiro atoms. The highest BCUT2D eigenvalue weighted by atomic mass is 16.5. The van der Waals surface area contributed by atoms with Crippen molar-refractivity contribution in [3.8, 4) is 51.8 Å². The topological polar surface area (TPSA) is 64.5 Å². The van der Waals surface area contributed by atoms with Crippen molar-refractivity contribution in [2.75, 3.05) is 21.4 Å². The molecule has 57 heavy (non-hydrogen) atoms. The molecule has 6 aromatic carbocycles. The standard InChI is InChI=1S/C48H35N5O4/c1-48(2,3)29-19-20-49-44(23-29)52-36-12-5-4-11-34(36)35-18-17-33(27-37(35)52)54-32-10-6-9-30(24-32)50-21-22-51(28-50)31-25-42-47-43(26-31)57-41-16-8-14-39-46(41)53(47)45-38(55-39)13-7-15-40(45)56-42/h4-27H,28H2,1-3H3. The Bertz CT molecular complexity index is 2960. The highest BCUT2D eigenvalue weighted by Gasteiger charge is 2.42. The van der Waals surface area contributed by atoms with Gasteiger partial charge in [-0.3, -0.25) is 9.47 Å². The number of anilines is 5. The molecule has 0 unspecified atom stereocenters. The normalized spacial score (nSPS) is 14.4. The molecule has 276 valence electrons. The maximum Gasteiger partial charge on any atom is 0.157 e. The predicted molar refractivity (Wildman–Crippen MR) is 224 cm³/mol. The van der Waals surface area contributed by atoms with Gasteiger partial charge in [0.05, 0.1) is 17.7 Å². The van der Waals surface area contributed by atoms with Crippen LogP contribution in [0.4, 0.5) is 28.4 Å². The lowest BCUT2D eigenvalue weighted by Crippen LogP contribution is -2.26. The molecule has 9 nitrogen and oxygen atoms in total. The third-order valence-electron chi connectivity index (χ3n) is 11.2. The number of fused-ring (bicyclic) bond motifs is 3. The van der Waals surface area contributed by atoms with E-state index in [-0.39, 0.29) is 5.41 Å². The Kier molecular flexibility index (Phi) is 6.47. The van der Waals surface area contributed by atoms with Gasteiger partial charge in [0.2, 0.25) is 0 Å². The van der Waals surface area contributed by atoms with Crippen molar-refractivity contribution >= 4 is 50.2 Å². The Morgan fingerprint density at radius 3 is 1.88 bits per heavy atom. The Balaban J connectivity index is 0.842. The van der Waals surface area contributed by atoms with E-state index >= 15 is 0 Å². The van der Waals surface area contributed by atoms with E-state index in [1.54, 1.807) is 0 Å². The van der Waals surface area contributed by atoms with E-state index in [4.69, 9.17) is 23.9 Å². The van der Waals surface area contributed by atoms with Crippen LogP contribution >= 0.6 is 0 Å². The Hall–Kier alpha value is -7.39. The first-order chi connectivity index (χ1) is 27.8. The second kappa shape index (κ2) is 11.6. The molecule has 0 atom stereocenters. The van der Waals surface area contributed by atoms with Crippen molar-refractivity contribution in [1.29, 1.82) is 0 Å². The summed E-state index contributed by atoms with van der Waals surface area (Å²) in [5, 5.41) is 2.33.